The third-order valence-electron chi connectivity index (χ3n) is 4.80. The molecule has 1 amide bonds. The number of benzene rings is 1. The van der Waals surface area contributed by atoms with Crippen LogP contribution in [0.4, 0.5) is 0 Å². The maximum absolute atomic E-state index is 12.4. The Morgan fingerprint density at radius 1 is 1.12 bits per heavy atom. The number of carbonyl (C=O) groups is 1. The standard InChI is InChI=1S/C20H24N2O2/c23-19(10-9-18-8-4-5-13-21-18)22-14-11-17(12-15-22)20(24)16-6-2-1-3-7-16/h1-8,13,17,20,24H,9-12,14-15H2/t20-/m1/s1. The second kappa shape index (κ2) is 8.06. The number of hydrogen-bond acceptors (Lipinski definition) is 3. The van der Waals surface area contributed by atoms with Crippen molar-refractivity contribution in [2.45, 2.75) is 31.8 Å². The fourth-order valence-electron chi connectivity index (χ4n) is 3.33. The predicted octanol–water partition coefficient (Wildman–Crippen LogP) is 2.99. The molecule has 1 aliphatic rings. The SMILES string of the molecule is O=C(CCc1ccccn1)N1CCC([C@H](O)c2ccccc2)CC1. The van der Waals surface area contributed by atoms with E-state index in [1.54, 1.807) is 6.20 Å². The lowest BCUT2D eigenvalue weighted by atomic mass is 9.87. The molecule has 0 saturated carbocycles. The van der Waals surface area contributed by atoms with Crippen LogP contribution >= 0.6 is 0 Å². The lowest BCUT2D eigenvalue weighted by Crippen LogP contribution is -2.39. The van der Waals surface area contributed by atoms with Gasteiger partial charge in [0.15, 0.2) is 0 Å². The van der Waals surface area contributed by atoms with Crippen LogP contribution in [0.15, 0.2) is 54.7 Å². The van der Waals surface area contributed by atoms with Crippen LogP contribution in [0.3, 0.4) is 0 Å². The van der Waals surface area contributed by atoms with Crippen molar-refractivity contribution in [3.05, 3.63) is 66.0 Å². The molecular formula is C20H24N2O2. The van der Waals surface area contributed by atoms with E-state index in [-0.39, 0.29) is 11.8 Å². The first-order valence-electron chi connectivity index (χ1n) is 8.65. The highest BCUT2D eigenvalue weighted by Gasteiger charge is 2.27. The van der Waals surface area contributed by atoms with E-state index in [9.17, 15) is 9.90 Å². The second-order valence-corrected chi connectivity index (χ2v) is 6.39. The molecule has 1 atom stereocenters. The van der Waals surface area contributed by atoms with Crippen LogP contribution < -0.4 is 0 Å². The highest BCUT2D eigenvalue weighted by atomic mass is 16.3. The largest absolute Gasteiger partial charge is 0.388 e. The fourth-order valence-corrected chi connectivity index (χ4v) is 3.33. The molecule has 1 saturated heterocycles. The highest BCUT2D eigenvalue weighted by Crippen LogP contribution is 2.30. The van der Waals surface area contributed by atoms with Gasteiger partial charge < -0.3 is 10.0 Å². The van der Waals surface area contributed by atoms with Crippen LogP contribution in [0.25, 0.3) is 0 Å². The summed E-state index contributed by atoms with van der Waals surface area (Å²) in [5, 5.41) is 10.5. The zero-order valence-electron chi connectivity index (χ0n) is 13.8. The molecule has 0 radical (unpaired) electrons. The normalized spacial score (nSPS) is 16.8. The van der Waals surface area contributed by atoms with Crippen LogP contribution in [-0.4, -0.2) is 34.0 Å². The summed E-state index contributed by atoms with van der Waals surface area (Å²) >= 11 is 0. The van der Waals surface area contributed by atoms with Crippen molar-refractivity contribution >= 4 is 5.91 Å². The van der Waals surface area contributed by atoms with Gasteiger partial charge in [-0.25, -0.2) is 0 Å². The smallest absolute Gasteiger partial charge is 0.222 e. The first-order chi connectivity index (χ1) is 11.7. The molecule has 2 aromatic rings. The van der Waals surface area contributed by atoms with Crippen molar-refractivity contribution in [1.82, 2.24) is 9.88 Å². The Hall–Kier alpha value is -2.20. The summed E-state index contributed by atoms with van der Waals surface area (Å²) in [4.78, 5) is 18.5. The predicted molar refractivity (Wildman–Crippen MR) is 93.3 cm³/mol. The number of piperidine rings is 1. The van der Waals surface area contributed by atoms with Crippen molar-refractivity contribution in [2.24, 2.45) is 5.92 Å². The van der Waals surface area contributed by atoms with E-state index < -0.39 is 6.10 Å². The van der Waals surface area contributed by atoms with Crippen LogP contribution in [-0.2, 0) is 11.2 Å². The average Bonchev–Trinajstić information content (AvgIpc) is 2.67. The van der Waals surface area contributed by atoms with E-state index in [0.29, 0.717) is 12.8 Å². The van der Waals surface area contributed by atoms with E-state index in [2.05, 4.69) is 4.98 Å². The summed E-state index contributed by atoms with van der Waals surface area (Å²) in [6.45, 7) is 1.46. The number of aliphatic hydroxyl groups is 1. The maximum atomic E-state index is 12.4. The van der Waals surface area contributed by atoms with Gasteiger partial charge in [-0.3, -0.25) is 9.78 Å². The number of rotatable bonds is 5. The minimum atomic E-state index is -0.433. The van der Waals surface area contributed by atoms with Crippen molar-refractivity contribution in [2.75, 3.05) is 13.1 Å². The molecule has 2 heterocycles. The van der Waals surface area contributed by atoms with Gasteiger partial charge in [0.25, 0.3) is 0 Å². The number of aliphatic hydroxyl groups excluding tert-OH is 1. The topological polar surface area (TPSA) is 53.4 Å². The number of amides is 1. The Morgan fingerprint density at radius 2 is 1.83 bits per heavy atom. The molecule has 0 aliphatic carbocycles. The van der Waals surface area contributed by atoms with Gasteiger partial charge in [-0.05, 0) is 42.9 Å². The van der Waals surface area contributed by atoms with Crippen molar-refractivity contribution < 1.29 is 9.90 Å². The van der Waals surface area contributed by atoms with Crippen molar-refractivity contribution in [3.63, 3.8) is 0 Å². The third-order valence-corrected chi connectivity index (χ3v) is 4.80. The zero-order valence-corrected chi connectivity index (χ0v) is 13.8. The van der Waals surface area contributed by atoms with Crippen LogP contribution in [0.2, 0.25) is 0 Å². The molecule has 3 rings (SSSR count). The molecule has 1 aromatic heterocycles. The van der Waals surface area contributed by atoms with E-state index in [0.717, 1.165) is 37.2 Å². The van der Waals surface area contributed by atoms with Crippen LogP contribution in [0, 0.1) is 5.92 Å². The fraction of sp³-hybridized carbons (Fsp3) is 0.400. The number of nitrogens with zero attached hydrogens (tertiary/aromatic N) is 2. The van der Waals surface area contributed by atoms with Gasteiger partial charge in [0, 0.05) is 31.4 Å². The summed E-state index contributed by atoms with van der Waals surface area (Å²) in [6, 6.07) is 15.6. The first kappa shape index (κ1) is 16.7. The van der Waals surface area contributed by atoms with Gasteiger partial charge in [-0.2, -0.15) is 0 Å². The molecule has 1 aliphatic heterocycles. The lowest BCUT2D eigenvalue weighted by molar-refractivity contribution is -0.133. The summed E-state index contributed by atoms with van der Waals surface area (Å²) in [6.07, 6.45) is 4.22. The number of hydrogen-bond donors (Lipinski definition) is 1. The van der Waals surface area contributed by atoms with Gasteiger partial charge in [-0.1, -0.05) is 36.4 Å². The molecular weight excluding hydrogens is 300 g/mol. The number of likely N-dealkylation sites (tertiary alicyclic amines) is 1. The molecule has 1 N–H and O–H groups in total. The van der Waals surface area contributed by atoms with Crippen LogP contribution in [0.5, 0.6) is 0 Å². The highest BCUT2D eigenvalue weighted by molar-refractivity contribution is 5.76. The quantitative estimate of drug-likeness (QED) is 0.920. The van der Waals surface area contributed by atoms with Gasteiger partial charge in [-0.15, -0.1) is 0 Å². The molecule has 1 aromatic carbocycles. The number of pyridine rings is 1. The number of aromatic nitrogens is 1. The van der Waals surface area contributed by atoms with Crippen molar-refractivity contribution in [1.29, 1.82) is 0 Å². The van der Waals surface area contributed by atoms with Crippen molar-refractivity contribution in [3.8, 4) is 0 Å². The Labute approximate surface area is 143 Å². The molecule has 1 fully saturated rings. The van der Waals surface area contributed by atoms with Crippen LogP contribution in [0.1, 0.15) is 36.6 Å². The van der Waals surface area contributed by atoms with Gasteiger partial charge in [0.05, 0.1) is 6.10 Å². The lowest BCUT2D eigenvalue weighted by Gasteiger charge is -2.34. The summed E-state index contributed by atoms with van der Waals surface area (Å²) in [7, 11) is 0. The van der Waals surface area contributed by atoms with E-state index in [1.807, 2.05) is 53.4 Å². The molecule has 4 nitrogen and oxygen atoms in total. The van der Waals surface area contributed by atoms with Gasteiger partial charge >= 0.3 is 0 Å². The third kappa shape index (κ3) is 4.20. The van der Waals surface area contributed by atoms with E-state index >= 15 is 0 Å². The first-order valence-corrected chi connectivity index (χ1v) is 8.65. The zero-order chi connectivity index (χ0) is 16.8. The average molecular weight is 324 g/mol. The van der Waals surface area contributed by atoms with Gasteiger partial charge in [0.2, 0.25) is 5.91 Å². The number of carbonyl (C=O) groups excluding carboxylic acids is 1. The van der Waals surface area contributed by atoms with E-state index in [1.165, 1.54) is 0 Å². The second-order valence-electron chi connectivity index (χ2n) is 6.39. The number of aryl methyl sites for hydroxylation is 1. The molecule has 4 heteroatoms. The monoisotopic (exact) mass is 324 g/mol. The Bertz CT molecular complexity index is 637. The Kier molecular flexibility index (Phi) is 5.59. The van der Waals surface area contributed by atoms with Gasteiger partial charge in [0.1, 0.15) is 0 Å². The summed E-state index contributed by atoms with van der Waals surface area (Å²) in [5.74, 6) is 0.417. The maximum Gasteiger partial charge on any atom is 0.222 e. The molecule has 0 spiro atoms. The Balaban J connectivity index is 1.47. The minimum absolute atomic E-state index is 0.188. The molecule has 24 heavy (non-hydrogen) atoms. The Morgan fingerprint density at radius 3 is 2.50 bits per heavy atom. The van der Waals surface area contributed by atoms with E-state index in [4.69, 9.17) is 0 Å². The molecule has 0 bridgehead atoms. The summed E-state index contributed by atoms with van der Waals surface area (Å²) in [5.41, 5.74) is 1.93. The molecule has 126 valence electrons. The minimum Gasteiger partial charge on any atom is -0.388 e. The summed E-state index contributed by atoms with van der Waals surface area (Å²) < 4.78 is 0. The molecule has 0 unspecified atom stereocenters.